The number of hydrogen-bond acceptors (Lipinski definition) is 2. The van der Waals surface area contributed by atoms with Gasteiger partial charge < -0.3 is 9.47 Å². The van der Waals surface area contributed by atoms with Crippen LogP contribution in [0.4, 0.5) is 0 Å². The van der Waals surface area contributed by atoms with Crippen molar-refractivity contribution < 1.29 is 9.47 Å². The molecule has 0 aromatic heterocycles. The second kappa shape index (κ2) is 4.78. The predicted molar refractivity (Wildman–Crippen MR) is 55.0 cm³/mol. The van der Waals surface area contributed by atoms with Gasteiger partial charge in [0, 0.05) is 0 Å². The van der Waals surface area contributed by atoms with Crippen molar-refractivity contribution in [1.82, 2.24) is 0 Å². The number of halogens is 1. The summed E-state index contributed by atoms with van der Waals surface area (Å²) >= 11 is 3.35. The van der Waals surface area contributed by atoms with Crippen molar-refractivity contribution in [3.63, 3.8) is 0 Å². The highest BCUT2D eigenvalue weighted by Gasteiger charge is 2.05. The lowest BCUT2D eigenvalue weighted by Gasteiger charge is -2.08. The molecule has 0 aliphatic heterocycles. The van der Waals surface area contributed by atoms with Crippen molar-refractivity contribution in [2.75, 3.05) is 13.7 Å². The van der Waals surface area contributed by atoms with Crippen molar-refractivity contribution >= 4 is 15.9 Å². The first kappa shape index (κ1) is 9.94. The van der Waals surface area contributed by atoms with Crippen LogP contribution in [-0.4, -0.2) is 13.7 Å². The zero-order valence-electron chi connectivity index (χ0n) is 7.21. The Morgan fingerprint density at radius 3 is 2.77 bits per heavy atom. The highest BCUT2D eigenvalue weighted by Crippen LogP contribution is 2.33. The van der Waals surface area contributed by atoms with Crippen molar-refractivity contribution in [2.45, 2.75) is 0 Å². The second-order valence-corrected chi connectivity index (χ2v) is 3.06. The number of benzene rings is 1. The van der Waals surface area contributed by atoms with E-state index < -0.39 is 0 Å². The van der Waals surface area contributed by atoms with Crippen LogP contribution in [0.15, 0.2) is 22.7 Å². The van der Waals surface area contributed by atoms with Crippen LogP contribution in [0.3, 0.4) is 0 Å². The summed E-state index contributed by atoms with van der Waals surface area (Å²) in [4.78, 5) is 0. The standard InChI is InChI=1S/C10H9BrO2/c1-3-7-13-9-6-4-5-8(12-2)10(9)11/h1,4-6H,7H2,2H3. The first-order valence-corrected chi connectivity index (χ1v) is 4.47. The van der Waals surface area contributed by atoms with Crippen LogP contribution in [0.5, 0.6) is 11.5 Å². The quantitative estimate of drug-likeness (QED) is 0.757. The fourth-order valence-electron chi connectivity index (χ4n) is 0.879. The largest absolute Gasteiger partial charge is 0.495 e. The van der Waals surface area contributed by atoms with Gasteiger partial charge >= 0.3 is 0 Å². The molecule has 3 heteroatoms. The number of terminal acetylenes is 1. The molecular formula is C10H9BrO2. The molecule has 0 spiro atoms. The van der Waals surface area contributed by atoms with E-state index in [0.717, 1.165) is 10.2 Å². The maximum atomic E-state index is 5.27. The van der Waals surface area contributed by atoms with Gasteiger partial charge in [0.1, 0.15) is 22.6 Å². The van der Waals surface area contributed by atoms with Crippen molar-refractivity contribution in [1.29, 1.82) is 0 Å². The predicted octanol–water partition coefficient (Wildman–Crippen LogP) is 2.47. The summed E-state index contributed by atoms with van der Waals surface area (Å²) in [5, 5.41) is 0. The Kier molecular flexibility index (Phi) is 3.66. The van der Waals surface area contributed by atoms with Gasteiger partial charge in [0.25, 0.3) is 0 Å². The molecule has 0 amide bonds. The minimum absolute atomic E-state index is 0.256. The third-order valence-corrected chi connectivity index (χ3v) is 2.24. The van der Waals surface area contributed by atoms with E-state index in [2.05, 4.69) is 21.9 Å². The molecular weight excluding hydrogens is 232 g/mol. The Balaban J connectivity index is 2.89. The van der Waals surface area contributed by atoms with E-state index in [-0.39, 0.29) is 6.61 Å². The Morgan fingerprint density at radius 2 is 2.15 bits per heavy atom. The monoisotopic (exact) mass is 240 g/mol. The summed E-state index contributed by atoms with van der Waals surface area (Å²) in [6.07, 6.45) is 5.08. The molecule has 0 aliphatic rings. The summed E-state index contributed by atoms with van der Waals surface area (Å²) in [6.45, 7) is 0.256. The van der Waals surface area contributed by atoms with Crippen molar-refractivity contribution in [3.05, 3.63) is 22.7 Å². The molecule has 0 bridgehead atoms. The van der Waals surface area contributed by atoms with Gasteiger partial charge in [-0.2, -0.15) is 0 Å². The lowest BCUT2D eigenvalue weighted by molar-refractivity contribution is 0.359. The van der Waals surface area contributed by atoms with Crippen molar-refractivity contribution in [2.24, 2.45) is 0 Å². The molecule has 2 nitrogen and oxygen atoms in total. The number of hydrogen-bond donors (Lipinski definition) is 0. The molecule has 1 aromatic rings. The summed E-state index contributed by atoms with van der Waals surface area (Å²) in [5.74, 6) is 3.82. The minimum atomic E-state index is 0.256. The first-order chi connectivity index (χ1) is 6.29. The lowest BCUT2D eigenvalue weighted by atomic mass is 10.3. The van der Waals surface area contributed by atoms with E-state index in [4.69, 9.17) is 15.9 Å². The zero-order chi connectivity index (χ0) is 9.68. The van der Waals surface area contributed by atoms with E-state index in [9.17, 15) is 0 Å². The van der Waals surface area contributed by atoms with Gasteiger partial charge in [-0.1, -0.05) is 12.0 Å². The number of rotatable bonds is 3. The van der Waals surface area contributed by atoms with Crippen LogP contribution in [0.25, 0.3) is 0 Å². The normalized spacial score (nSPS) is 9.00. The summed E-state index contributed by atoms with van der Waals surface area (Å²) in [5.41, 5.74) is 0. The van der Waals surface area contributed by atoms with Crippen LogP contribution in [0.2, 0.25) is 0 Å². The van der Waals surface area contributed by atoms with E-state index in [0.29, 0.717) is 5.75 Å². The van der Waals surface area contributed by atoms with Crippen LogP contribution in [0.1, 0.15) is 0 Å². The molecule has 0 radical (unpaired) electrons. The molecule has 0 fully saturated rings. The minimum Gasteiger partial charge on any atom is -0.495 e. The molecule has 0 unspecified atom stereocenters. The highest BCUT2D eigenvalue weighted by atomic mass is 79.9. The number of methoxy groups -OCH3 is 1. The van der Waals surface area contributed by atoms with E-state index in [1.165, 1.54) is 0 Å². The van der Waals surface area contributed by atoms with Gasteiger partial charge in [0.15, 0.2) is 0 Å². The Morgan fingerprint density at radius 1 is 1.46 bits per heavy atom. The molecule has 0 N–H and O–H groups in total. The van der Waals surface area contributed by atoms with Crippen LogP contribution < -0.4 is 9.47 Å². The molecule has 13 heavy (non-hydrogen) atoms. The molecule has 0 atom stereocenters. The molecule has 0 heterocycles. The molecule has 0 saturated carbocycles. The summed E-state index contributed by atoms with van der Waals surface area (Å²) < 4.78 is 11.1. The van der Waals surface area contributed by atoms with E-state index in [1.54, 1.807) is 7.11 Å². The van der Waals surface area contributed by atoms with Gasteiger partial charge in [-0.3, -0.25) is 0 Å². The molecule has 68 valence electrons. The average molecular weight is 241 g/mol. The molecule has 0 aliphatic carbocycles. The molecule has 1 aromatic carbocycles. The fraction of sp³-hybridized carbons (Fsp3) is 0.200. The topological polar surface area (TPSA) is 18.5 Å². The highest BCUT2D eigenvalue weighted by molar-refractivity contribution is 9.10. The smallest absolute Gasteiger partial charge is 0.148 e. The summed E-state index contributed by atoms with van der Waals surface area (Å²) in [6, 6.07) is 5.51. The van der Waals surface area contributed by atoms with Gasteiger partial charge in [0.05, 0.1) is 7.11 Å². The first-order valence-electron chi connectivity index (χ1n) is 3.68. The van der Waals surface area contributed by atoms with Crippen LogP contribution >= 0.6 is 15.9 Å². The lowest BCUT2D eigenvalue weighted by Crippen LogP contribution is -1.95. The third kappa shape index (κ3) is 2.40. The number of ether oxygens (including phenoxy) is 2. The fourth-order valence-corrected chi connectivity index (χ4v) is 1.42. The van der Waals surface area contributed by atoms with E-state index >= 15 is 0 Å². The second-order valence-electron chi connectivity index (χ2n) is 2.27. The Bertz CT molecular complexity index is 328. The van der Waals surface area contributed by atoms with Crippen LogP contribution in [-0.2, 0) is 0 Å². The van der Waals surface area contributed by atoms with Crippen molar-refractivity contribution in [3.8, 4) is 23.8 Å². The van der Waals surface area contributed by atoms with Gasteiger partial charge in [-0.25, -0.2) is 0 Å². The Hall–Kier alpha value is -1.14. The Labute approximate surface area is 86.0 Å². The average Bonchev–Trinajstić information content (AvgIpc) is 2.16. The van der Waals surface area contributed by atoms with E-state index in [1.807, 2.05) is 18.2 Å². The molecule has 1 rings (SSSR count). The SMILES string of the molecule is C#CCOc1cccc(OC)c1Br. The van der Waals surface area contributed by atoms with Gasteiger partial charge in [-0.15, -0.1) is 6.42 Å². The van der Waals surface area contributed by atoms with Gasteiger partial charge in [0.2, 0.25) is 0 Å². The van der Waals surface area contributed by atoms with Crippen LogP contribution in [0, 0.1) is 12.3 Å². The molecule has 0 saturated heterocycles. The summed E-state index contributed by atoms with van der Waals surface area (Å²) in [7, 11) is 1.60. The maximum absolute atomic E-state index is 5.27. The van der Waals surface area contributed by atoms with Gasteiger partial charge in [-0.05, 0) is 28.1 Å². The zero-order valence-corrected chi connectivity index (χ0v) is 8.80. The maximum Gasteiger partial charge on any atom is 0.148 e. The third-order valence-electron chi connectivity index (χ3n) is 1.46.